The summed E-state index contributed by atoms with van der Waals surface area (Å²) in [6.07, 6.45) is 5.79. The quantitative estimate of drug-likeness (QED) is 0.809. The Morgan fingerprint density at radius 1 is 1.10 bits per heavy atom. The molecule has 0 amide bonds. The third-order valence-electron chi connectivity index (χ3n) is 4.05. The van der Waals surface area contributed by atoms with Crippen molar-refractivity contribution in [2.45, 2.75) is 46.0 Å². The standard InChI is InChI=1S/C15H20N2O2.C2H6/c18-12-6-7-14(19)13(11-12)17-10-4-9-16-8-3-1-2-5-15(16)17;1-2/h6-7,11H,1-5,8-10H2,(H-,18,19);1-2H3. The summed E-state index contributed by atoms with van der Waals surface area (Å²) in [6.45, 7) is 7.07. The van der Waals surface area contributed by atoms with Crippen LogP contribution in [0.4, 0.5) is 5.69 Å². The molecule has 0 unspecified atom stereocenters. The molecular formula is C17H26N2O2. The van der Waals surface area contributed by atoms with E-state index < -0.39 is 0 Å². The Morgan fingerprint density at radius 2 is 1.86 bits per heavy atom. The lowest BCUT2D eigenvalue weighted by Crippen LogP contribution is -2.44. The van der Waals surface area contributed by atoms with Crippen LogP contribution in [0.15, 0.2) is 18.2 Å². The van der Waals surface area contributed by atoms with Crippen LogP contribution in [0, 0.1) is 0 Å². The number of rotatable bonds is 1. The third kappa shape index (κ3) is 3.49. The molecule has 0 aliphatic carbocycles. The molecular weight excluding hydrogens is 264 g/mol. The van der Waals surface area contributed by atoms with Gasteiger partial charge in [0.2, 0.25) is 0 Å². The van der Waals surface area contributed by atoms with Crippen molar-refractivity contribution in [3.63, 3.8) is 0 Å². The van der Waals surface area contributed by atoms with Crippen molar-refractivity contribution in [2.24, 2.45) is 0 Å². The topological polar surface area (TPSA) is 49.5 Å². The van der Waals surface area contributed by atoms with Gasteiger partial charge in [0.1, 0.15) is 11.4 Å². The molecule has 21 heavy (non-hydrogen) atoms. The molecule has 4 heteroatoms. The summed E-state index contributed by atoms with van der Waals surface area (Å²) in [5.41, 5.74) is 0.626. The number of benzene rings is 1. The van der Waals surface area contributed by atoms with Crippen LogP contribution in [-0.2, 0) is 0 Å². The number of aromatic hydroxyl groups is 1. The predicted octanol–water partition coefficient (Wildman–Crippen LogP) is 2.69. The van der Waals surface area contributed by atoms with Crippen LogP contribution < -0.4 is 10.0 Å². The zero-order valence-corrected chi connectivity index (χ0v) is 13.1. The van der Waals surface area contributed by atoms with Gasteiger partial charge in [-0.05, 0) is 25.3 Å². The summed E-state index contributed by atoms with van der Waals surface area (Å²) in [5, 5.41) is 21.7. The first-order valence-corrected chi connectivity index (χ1v) is 8.14. The molecule has 1 aromatic carbocycles. The second-order valence-corrected chi connectivity index (χ2v) is 5.37. The molecule has 0 aromatic heterocycles. The van der Waals surface area contributed by atoms with Gasteiger partial charge in [-0.15, -0.1) is 0 Å². The summed E-state index contributed by atoms with van der Waals surface area (Å²) in [5.74, 6) is 1.43. The number of amidine groups is 1. The van der Waals surface area contributed by atoms with Crippen molar-refractivity contribution in [1.82, 2.24) is 0 Å². The number of phenols is 1. The SMILES string of the molecule is CC.[O-]c1ccc(O)cc1N1CCC[N+]2=C1CCCCC2. The average Bonchev–Trinajstić information content (AvgIpc) is 2.77. The first kappa shape index (κ1) is 15.7. The average molecular weight is 290 g/mol. The Morgan fingerprint density at radius 3 is 2.67 bits per heavy atom. The number of hydrogen-bond acceptors (Lipinski definition) is 3. The minimum Gasteiger partial charge on any atom is -0.870 e. The maximum absolute atomic E-state index is 12.0. The van der Waals surface area contributed by atoms with E-state index in [1.165, 1.54) is 37.2 Å². The van der Waals surface area contributed by atoms with Gasteiger partial charge in [0.25, 0.3) is 5.84 Å². The van der Waals surface area contributed by atoms with E-state index in [0.29, 0.717) is 5.69 Å². The van der Waals surface area contributed by atoms with Gasteiger partial charge in [-0.1, -0.05) is 25.7 Å². The van der Waals surface area contributed by atoms with E-state index in [9.17, 15) is 10.2 Å². The molecule has 0 saturated carbocycles. The number of hydrogen-bond donors (Lipinski definition) is 1. The molecule has 3 rings (SSSR count). The van der Waals surface area contributed by atoms with Gasteiger partial charge >= 0.3 is 0 Å². The minimum absolute atomic E-state index is 0.00334. The van der Waals surface area contributed by atoms with E-state index in [0.717, 1.165) is 32.5 Å². The first-order valence-electron chi connectivity index (χ1n) is 8.14. The molecule has 2 aliphatic rings. The highest BCUT2D eigenvalue weighted by atomic mass is 16.3. The van der Waals surface area contributed by atoms with Gasteiger partial charge in [0, 0.05) is 18.9 Å². The first-order chi connectivity index (χ1) is 10.3. The zero-order chi connectivity index (χ0) is 15.2. The van der Waals surface area contributed by atoms with Crippen LogP contribution in [0.5, 0.6) is 11.5 Å². The number of phenolic OH excluding ortho intramolecular Hbond substituents is 1. The Labute approximate surface area is 127 Å². The molecule has 2 aliphatic heterocycles. The highest BCUT2D eigenvalue weighted by molar-refractivity contribution is 5.96. The van der Waals surface area contributed by atoms with Crippen molar-refractivity contribution in [3.8, 4) is 11.5 Å². The summed E-state index contributed by atoms with van der Waals surface area (Å²) < 4.78 is 2.42. The largest absolute Gasteiger partial charge is 0.870 e. The second kappa shape index (κ2) is 7.34. The summed E-state index contributed by atoms with van der Waals surface area (Å²) in [7, 11) is 0. The van der Waals surface area contributed by atoms with Crippen molar-refractivity contribution in [1.29, 1.82) is 0 Å². The third-order valence-corrected chi connectivity index (χ3v) is 4.05. The monoisotopic (exact) mass is 290 g/mol. The highest BCUT2D eigenvalue weighted by Gasteiger charge is 2.30. The van der Waals surface area contributed by atoms with E-state index >= 15 is 0 Å². The van der Waals surface area contributed by atoms with Gasteiger partial charge in [0.05, 0.1) is 19.6 Å². The molecule has 1 N–H and O–H groups in total. The summed E-state index contributed by atoms with van der Waals surface area (Å²) in [4.78, 5) is 2.12. The minimum atomic E-state index is -0.00334. The zero-order valence-electron chi connectivity index (χ0n) is 13.1. The van der Waals surface area contributed by atoms with Gasteiger partial charge in [-0.3, -0.25) is 4.58 Å². The fraction of sp³-hybridized carbons (Fsp3) is 0.588. The molecule has 0 radical (unpaired) electrons. The number of anilines is 1. The van der Waals surface area contributed by atoms with E-state index in [1.54, 1.807) is 6.07 Å². The van der Waals surface area contributed by atoms with Crippen LogP contribution in [0.1, 0.15) is 46.0 Å². The van der Waals surface area contributed by atoms with Crippen LogP contribution in [0.3, 0.4) is 0 Å². The summed E-state index contributed by atoms with van der Waals surface area (Å²) >= 11 is 0. The fourth-order valence-corrected chi connectivity index (χ4v) is 3.12. The lowest BCUT2D eigenvalue weighted by molar-refractivity contribution is -0.532. The maximum atomic E-state index is 12.0. The van der Waals surface area contributed by atoms with Gasteiger partial charge < -0.3 is 10.2 Å². The normalized spacial score (nSPS) is 18.5. The maximum Gasteiger partial charge on any atom is 0.251 e. The molecule has 0 spiro atoms. The summed E-state index contributed by atoms with van der Waals surface area (Å²) in [6, 6.07) is 4.52. The van der Waals surface area contributed by atoms with Gasteiger partial charge in [0.15, 0.2) is 0 Å². The van der Waals surface area contributed by atoms with E-state index in [4.69, 9.17) is 0 Å². The second-order valence-electron chi connectivity index (χ2n) is 5.37. The van der Waals surface area contributed by atoms with E-state index in [1.807, 2.05) is 13.8 Å². The predicted molar refractivity (Wildman–Crippen MR) is 84.3 cm³/mol. The molecule has 1 aromatic rings. The van der Waals surface area contributed by atoms with Crippen LogP contribution >= 0.6 is 0 Å². The van der Waals surface area contributed by atoms with E-state index in [2.05, 4.69) is 9.48 Å². The Bertz CT molecular complexity index is 512. The van der Waals surface area contributed by atoms with Crippen LogP contribution in [-0.4, -0.2) is 35.2 Å². The Kier molecular flexibility index (Phi) is 5.48. The van der Waals surface area contributed by atoms with Gasteiger partial charge in [-0.2, -0.15) is 0 Å². The van der Waals surface area contributed by atoms with E-state index in [-0.39, 0.29) is 11.5 Å². The molecule has 2 heterocycles. The molecule has 4 nitrogen and oxygen atoms in total. The number of nitrogens with zero attached hydrogens (tertiary/aromatic N) is 2. The molecule has 0 fully saturated rings. The van der Waals surface area contributed by atoms with Crippen molar-refractivity contribution >= 4 is 11.5 Å². The van der Waals surface area contributed by atoms with Crippen molar-refractivity contribution in [2.75, 3.05) is 24.5 Å². The van der Waals surface area contributed by atoms with Crippen molar-refractivity contribution in [3.05, 3.63) is 18.2 Å². The van der Waals surface area contributed by atoms with Crippen LogP contribution in [0.25, 0.3) is 0 Å². The Hall–Kier alpha value is -1.71. The smallest absolute Gasteiger partial charge is 0.251 e. The molecule has 0 saturated heterocycles. The lowest BCUT2D eigenvalue weighted by Gasteiger charge is -2.28. The molecule has 0 atom stereocenters. The van der Waals surface area contributed by atoms with Crippen LogP contribution in [0.2, 0.25) is 0 Å². The fourth-order valence-electron chi connectivity index (χ4n) is 3.12. The lowest BCUT2D eigenvalue weighted by atomic mass is 10.1. The molecule has 0 bridgehead atoms. The molecule has 116 valence electrons. The Balaban J connectivity index is 0.000000774. The highest BCUT2D eigenvalue weighted by Crippen LogP contribution is 2.31. The van der Waals surface area contributed by atoms with Crippen molar-refractivity contribution < 1.29 is 14.8 Å². The van der Waals surface area contributed by atoms with Gasteiger partial charge in [-0.25, -0.2) is 4.90 Å².